The molecule has 72 valence electrons. The van der Waals surface area contributed by atoms with Crippen LogP contribution in [-0.4, -0.2) is 9.78 Å². The maximum atomic E-state index is 11.7. The smallest absolute Gasteiger partial charge is 0.267 e. The molecular formula is C9H7BrN2O2. The predicted octanol–water partition coefficient (Wildman–Crippen LogP) is 1.04. The van der Waals surface area contributed by atoms with Gasteiger partial charge in [-0.05, 0) is 12.1 Å². The molecule has 0 radical (unpaired) electrons. The second kappa shape index (κ2) is 3.42. The summed E-state index contributed by atoms with van der Waals surface area (Å²) in [7, 11) is 0. The van der Waals surface area contributed by atoms with Crippen LogP contribution in [0.3, 0.4) is 0 Å². The fourth-order valence-electron chi connectivity index (χ4n) is 1.33. The lowest BCUT2D eigenvalue weighted by Gasteiger charge is -2.01. The SMILES string of the molecule is O=c1[nH]n(CBr)c(=O)c2ccccc12. The topological polar surface area (TPSA) is 54.9 Å². The lowest BCUT2D eigenvalue weighted by atomic mass is 10.2. The molecule has 0 bridgehead atoms. The standard InChI is InChI=1S/C9H7BrN2O2/c10-5-12-9(14)7-4-2-1-3-6(7)8(13)11-12/h1-4H,5H2,(H,11,13). The molecule has 4 nitrogen and oxygen atoms in total. The van der Waals surface area contributed by atoms with Crippen LogP contribution >= 0.6 is 15.9 Å². The molecule has 0 unspecified atom stereocenters. The third-order valence-electron chi connectivity index (χ3n) is 2.00. The van der Waals surface area contributed by atoms with Gasteiger partial charge >= 0.3 is 0 Å². The van der Waals surface area contributed by atoms with E-state index in [0.29, 0.717) is 10.8 Å². The van der Waals surface area contributed by atoms with Crippen LogP contribution in [0.2, 0.25) is 0 Å². The van der Waals surface area contributed by atoms with Gasteiger partial charge in [-0.1, -0.05) is 28.1 Å². The monoisotopic (exact) mass is 254 g/mol. The van der Waals surface area contributed by atoms with E-state index in [2.05, 4.69) is 21.0 Å². The molecule has 0 spiro atoms. The molecule has 2 rings (SSSR count). The van der Waals surface area contributed by atoms with Crippen LogP contribution < -0.4 is 11.1 Å². The van der Waals surface area contributed by atoms with Crippen molar-refractivity contribution < 1.29 is 0 Å². The molecule has 1 N–H and O–H groups in total. The molecule has 2 aromatic rings. The van der Waals surface area contributed by atoms with E-state index in [1.165, 1.54) is 4.68 Å². The summed E-state index contributed by atoms with van der Waals surface area (Å²) in [6.45, 7) is 0. The summed E-state index contributed by atoms with van der Waals surface area (Å²) in [5, 5.41) is 3.34. The molecule has 0 amide bonds. The first-order chi connectivity index (χ1) is 6.74. The van der Waals surface area contributed by atoms with Gasteiger partial charge < -0.3 is 0 Å². The first-order valence-corrected chi connectivity index (χ1v) is 5.14. The molecule has 0 saturated heterocycles. The van der Waals surface area contributed by atoms with E-state index in [-0.39, 0.29) is 16.6 Å². The fourth-order valence-corrected chi connectivity index (χ4v) is 1.68. The molecule has 0 atom stereocenters. The van der Waals surface area contributed by atoms with Crippen molar-refractivity contribution in [3.63, 3.8) is 0 Å². The number of benzene rings is 1. The second-order valence-corrected chi connectivity index (χ2v) is 3.34. The van der Waals surface area contributed by atoms with Crippen molar-refractivity contribution in [2.24, 2.45) is 0 Å². The molecule has 1 heterocycles. The first kappa shape index (κ1) is 9.21. The first-order valence-electron chi connectivity index (χ1n) is 4.02. The number of nitrogens with zero attached hydrogens (tertiary/aromatic N) is 1. The van der Waals surface area contributed by atoms with Gasteiger partial charge in [0.1, 0.15) is 0 Å². The summed E-state index contributed by atoms with van der Waals surface area (Å²) in [6.07, 6.45) is 0. The number of aromatic nitrogens is 2. The normalized spacial score (nSPS) is 10.6. The molecule has 0 fully saturated rings. The number of rotatable bonds is 1. The minimum absolute atomic E-state index is 0.197. The highest BCUT2D eigenvalue weighted by Crippen LogP contribution is 2.02. The maximum absolute atomic E-state index is 11.7. The lowest BCUT2D eigenvalue weighted by molar-refractivity contribution is 0.697. The summed E-state index contributed by atoms with van der Waals surface area (Å²) in [5.74, 6) is 0. The van der Waals surface area contributed by atoms with Crippen LogP contribution in [-0.2, 0) is 5.45 Å². The zero-order valence-corrected chi connectivity index (χ0v) is 8.74. The predicted molar refractivity (Wildman–Crippen MR) is 57.8 cm³/mol. The number of fused-ring (bicyclic) bond motifs is 1. The van der Waals surface area contributed by atoms with Crippen molar-refractivity contribution in [2.75, 3.05) is 0 Å². The molecule has 1 aromatic carbocycles. The lowest BCUT2D eigenvalue weighted by Crippen LogP contribution is -2.28. The van der Waals surface area contributed by atoms with Gasteiger partial charge in [0.2, 0.25) is 0 Å². The Morgan fingerprint density at radius 1 is 1.21 bits per heavy atom. The van der Waals surface area contributed by atoms with Gasteiger partial charge in [-0.3, -0.25) is 14.7 Å². The van der Waals surface area contributed by atoms with Crippen LogP contribution in [0.15, 0.2) is 33.9 Å². The molecular weight excluding hydrogens is 248 g/mol. The number of hydrogen-bond donors (Lipinski definition) is 1. The molecule has 1 aromatic heterocycles. The van der Waals surface area contributed by atoms with Crippen LogP contribution in [0, 0.1) is 0 Å². The van der Waals surface area contributed by atoms with Crippen LogP contribution in [0.25, 0.3) is 10.8 Å². The summed E-state index contributed by atoms with van der Waals surface area (Å²) in [5.41, 5.74) is -0.164. The van der Waals surface area contributed by atoms with Crippen molar-refractivity contribution >= 4 is 26.7 Å². The van der Waals surface area contributed by atoms with E-state index in [9.17, 15) is 9.59 Å². The zero-order valence-electron chi connectivity index (χ0n) is 7.16. The molecule has 0 aliphatic carbocycles. The van der Waals surface area contributed by atoms with Crippen LogP contribution in [0.1, 0.15) is 0 Å². The Balaban J connectivity index is 3.03. The van der Waals surface area contributed by atoms with E-state index in [1.54, 1.807) is 24.3 Å². The Hall–Kier alpha value is -1.36. The number of aromatic amines is 1. The number of halogens is 1. The van der Waals surface area contributed by atoms with Crippen LogP contribution in [0.5, 0.6) is 0 Å². The summed E-state index contributed by atoms with van der Waals surface area (Å²) < 4.78 is 1.23. The van der Waals surface area contributed by atoms with Crippen molar-refractivity contribution in [3.8, 4) is 0 Å². The molecule has 0 aliphatic heterocycles. The quantitative estimate of drug-likeness (QED) is 0.774. The minimum Gasteiger partial charge on any atom is -0.267 e. The van der Waals surface area contributed by atoms with Crippen molar-refractivity contribution in [3.05, 3.63) is 45.0 Å². The highest BCUT2D eigenvalue weighted by atomic mass is 79.9. The van der Waals surface area contributed by atoms with E-state index in [0.717, 1.165) is 0 Å². The van der Waals surface area contributed by atoms with Gasteiger partial charge in [0, 0.05) is 0 Å². The number of alkyl halides is 1. The van der Waals surface area contributed by atoms with Gasteiger partial charge in [-0.15, -0.1) is 0 Å². The van der Waals surface area contributed by atoms with Gasteiger partial charge in [-0.25, -0.2) is 4.68 Å². The molecule has 0 aliphatic rings. The van der Waals surface area contributed by atoms with Gasteiger partial charge in [0.25, 0.3) is 11.1 Å². The fraction of sp³-hybridized carbons (Fsp3) is 0.111. The Morgan fingerprint density at radius 2 is 1.86 bits per heavy atom. The number of H-pyrrole nitrogens is 1. The Labute approximate surface area is 87.3 Å². The van der Waals surface area contributed by atoms with E-state index in [4.69, 9.17) is 0 Å². The number of hydrogen-bond acceptors (Lipinski definition) is 2. The Bertz CT molecular complexity index is 585. The Kier molecular flexibility index (Phi) is 2.25. The summed E-state index contributed by atoms with van der Waals surface area (Å²) >= 11 is 3.12. The van der Waals surface area contributed by atoms with Crippen LogP contribution in [0.4, 0.5) is 0 Å². The van der Waals surface area contributed by atoms with Crippen molar-refractivity contribution in [2.45, 2.75) is 5.45 Å². The maximum Gasteiger partial charge on any atom is 0.273 e. The van der Waals surface area contributed by atoms with Crippen molar-refractivity contribution in [1.29, 1.82) is 0 Å². The Morgan fingerprint density at radius 3 is 2.50 bits per heavy atom. The highest BCUT2D eigenvalue weighted by Gasteiger charge is 2.04. The minimum atomic E-state index is -0.250. The second-order valence-electron chi connectivity index (χ2n) is 2.84. The molecule has 14 heavy (non-hydrogen) atoms. The summed E-state index contributed by atoms with van der Waals surface area (Å²) in [6, 6.07) is 6.75. The van der Waals surface area contributed by atoms with E-state index < -0.39 is 0 Å². The van der Waals surface area contributed by atoms with Gasteiger partial charge in [0.15, 0.2) is 0 Å². The van der Waals surface area contributed by atoms with Gasteiger partial charge in [0.05, 0.1) is 16.2 Å². The van der Waals surface area contributed by atoms with E-state index >= 15 is 0 Å². The largest absolute Gasteiger partial charge is 0.273 e. The third-order valence-corrected chi connectivity index (χ3v) is 2.50. The average molecular weight is 255 g/mol. The molecule has 0 saturated carbocycles. The highest BCUT2D eigenvalue weighted by molar-refractivity contribution is 9.08. The van der Waals surface area contributed by atoms with E-state index in [1.807, 2.05) is 0 Å². The number of nitrogens with one attached hydrogen (secondary N) is 1. The third kappa shape index (κ3) is 1.29. The average Bonchev–Trinajstić information content (AvgIpc) is 2.23. The zero-order chi connectivity index (χ0) is 10.1. The van der Waals surface area contributed by atoms with Gasteiger partial charge in [-0.2, -0.15) is 0 Å². The summed E-state index contributed by atoms with van der Waals surface area (Å²) in [4.78, 5) is 23.1. The molecule has 5 heteroatoms. The van der Waals surface area contributed by atoms with Crippen molar-refractivity contribution in [1.82, 2.24) is 9.78 Å².